The minimum Gasteiger partial charge on any atom is -0.481 e. The summed E-state index contributed by atoms with van der Waals surface area (Å²) in [6.45, 7) is 1.59. The van der Waals surface area contributed by atoms with Crippen LogP contribution in [0.5, 0.6) is 0 Å². The SMILES string of the molecule is Cc1cc(SCC(=O)O)ncc1[N+](=O)[O-]. The van der Waals surface area contributed by atoms with Crippen molar-refractivity contribution in [3.8, 4) is 0 Å². The standard InChI is InChI=1S/C8H8N2O4S/c1-5-2-7(15-4-8(11)12)9-3-6(5)10(13)14/h2-3H,4H2,1H3,(H,11,12). The fourth-order valence-electron chi connectivity index (χ4n) is 0.929. The third-order valence-electron chi connectivity index (χ3n) is 1.60. The number of carboxylic acids is 1. The smallest absolute Gasteiger partial charge is 0.313 e. The van der Waals surface area contributed by atoms with Crippen molar-refractivity contribution in [3.63, 3.8) is 0 Å². The van der Waals surface area contributed by atoms with Crippen LogP contribution in [0.1, 0.15) is 5.56 Å². The van der Waals surface area contributed by atoms with Crippen LogP contribution in [0, 0.1) is 17.0 Å². The Kier molecular flexibility index (Phi) is 3.62. The van der Waals surface area contributed by atoms with Gasteiger partial charge in [-0.25, -0.2) is 4.98 Å². The highest BCUT2D eigenvalue weighted by atomic mass is 32.2. The molecule has 0 atom stereocenters. The van der Waals surface area contributed by atoms with Crippen molar-refractivity contribution < 1.29 is 14.8 Å². The van der Waals surface area contributed by atoms with Gasteiger partial charge < -0.3 is 5.11 Å². The molecular weight excluding hydrogens is 220 g/mol. The largest absolute Gasteiger partial charge is 0.481 e. The Bertz CT molecular complexity index is 408. The predicted molar refractivity (Wildman–Crippen MR) is 54.0 cm³/mol. The van der Waals surface area contributed by atoms with E-state index in [9.17, 15) is 14.9 Å². The number of pyridine rings is 1. The van der Waals surface area contributed by atoms with Crippen LogP contribution < -0.4 is 0 Å². The molecular formula is C8H8N2O4S. The van der Waals surface area contributed by atoms with Gasteiger partial charge in [0.05, 0.1) is 15.7 Å². The zero-order chi connectivity index (χ0) is 11.4. The van der Waals surface area contributed by atoms with E-state index in [4.69, 9.17) is 5.11 Å². The Hall–Kier alpha value is -1.63. The summed E-state index contributed by atoms with van der Waals surface area (Å²) < 4.78 is 0. The lowest BCUT2D eigenvalue weighted by Crippen LogP contribution is -1.99. The number of nitrogens with zero attached hydrogens (tertiary/aromatic N) is 2. The number of hydrogen-bond acceptors (Lipinski definition) is 5. The molecule has 1 aromatic heterocycles. The lowest BCUT2D eigenvalue weighted by molar-refractivity contribution is -0.385. The lowest BCUT2D eigenvalue weighted by Gasteiger charge is -2.00. The van der Waals surface area contributed by atoms with Gasteiger partial charge in [0.25, 0.3) is 5.69 Å². The molecule has 0 aromatic carbocycles. The molecule has 0 bridgehead atoms. The highest BCUT2D eigenvalue weighted by molar-refractivity contribution is 7.99. The van der Waals surface area contributed by atoms with Crippen LogP contribution in [0.25, 0.3) is 0 Å². The van der Waals surface area contributed by atoms with Crippen LogP contribution >= 0.6 is 11.8 Å². The summed E-state index contributed by atoms with van der Waals surface area (Å²) in [4.78, 5) is 24.0. The third kappa shape index (κ3) is 3.21. The number of hydrogen-bond donors (Lipinski definition) is 1. The van der Waals surface area contributed by atoms with Gasteiger partial charge >= 0.3 is 5.97 Å². The van der Waals surface area contributed by atoms with Gasteiger partial charge in [0.2, 0.25) is 0 Å². The van der Waals surface area contributed by atoms with Crippen molar-refractivity contribution in [1.29, 1.82) is 0 Å². The van der Waals surface area contributed by atoms with Crippen LogP contribution in [-0.2, 0) is 4.79 Å². The summed E-state index contributed by atoms with van der Waals surface area (Å²) in [6, 6.07) is 1.51. The van der Waals surface area contributed by atoms with Gasteiger partial charge in [0.15, 0.2) is 0 Å². The average molecular weight is 228 g/mol. The second-order valence-electron chi connectivity index (χ2n) is 2.75. The summed E-state index contributed by atoms with van der Waals surface area (Å²) in [5, 5.41) is 19.4. The summed E-state index contributed by atoms with van der Waals surface area (Å²) >= 11 is 1.03. The second kappa shape index (κ2) is 4.74. The van der Waals surface area contributed by atoms with Gasteiger partial charge in [-0.1, -0.05) is 11.8 Å². The summed E-state index contributed by atoms with van der Waals surface area (Å²) in [7, 11) is 0. The highest BCUT2D eigenvalue weighted by Gasteiger charge is 2.11. The maximum absolute atomic E-state index is 10.5. The Balaban J connectivity index is 2.82. The van der Waals surface area contributed by atoms with Crippen LogP contribution in [0.2, 0.25) is 0 Å². The van der Waals surface area contributed by atoms with E-state index in [2.05, 4.69) is 4.98 Å². The topological polar surface area (TPSA) is 93.3 Å². The van der Waals surface area contributed by atoms with Crippen molar-refractivity contribution in [2.75, 3.05) is 5.75 Å². The van der Waals surface area contributed by atoms with E-state index in [1.165, 1.54) is 6.07 Å². The number of thioether (sulfide) groups is 1. The third-order valence-corrected chi connectivity index (χ3v) is 2.51. The zero-order valence-electron chi connectivity index (χ0n) is 7.84. The number of nitro groups is 1. The molecule has 0 saturated heterocycles. The molecule has 0 saturated carbocycles. The fourth-order valence-corrected chi connectivity index (χ4v) is 1.59. The number of aryl methyl sites for hydroxylation is 1. The average Bonchev–Trinajstić information content (AvgIpc) is 2.14. The van der Waals surface area contributed by atoms with Crippen LogP contribution in [-0.4, -0.2) is 26.7 Å². The van der Waals surface area contributed by atoms with Gasteiger partial charge in [-0.3, -0.25) is 14.9 Å². The summed E-state index contributed by atoms with van der Waals surface area (Å²) in [5.41, 5.74) is 0.414. The molecule has 0 amide bonds. The first kappa shape index (κ1) is 11.4. The molecule has 0 spiro atoms. The van der Waals surface area contributed by atoms with Gasteiger partial charge in [-0.2, -0.15) is 0 Å². The number of carboxylic acid groups (broad SMARTS) is 1. The Labute approximate surface area is 89.5 Å². The van der Waals surface area contributed by atoms with Gasteiger partial charge in [0.1, 0.15) is 6.20 Å². The molecule has 15 heavy (non-hydrogen) atoms. The van der Waals surface area contributed by atoms with E-state index in [1.54, 1.807) is 6.92 Å². The molecule has 0 unspecified atom stereocenters. The molecule has 7 heteroatoms. The molecule has 1 N–H and O–H groups in total. The number of carbonyl (C=O) groups is 1. The quantitative estimate of drug-likeness (QED) is 0.476. The first-order chi connectivity index (χ1) is 7.00. The molecule has 0 aliphatic heterocycles. The van der Waals surface area contributed by atoms with Crippen LogP contribution in [0.4, 0.5) is 5.69 Å². The Morgan fingerprint density at radius 2 is 2.40 bits per heavy atom. The maximum atomic E-state index is 10.5. The Morgan fingerprint density at radius 3 is 2.87 bits per heavy atom. The highest BCUT2D eigenvalue weighted by Crippen LogP contribution is 2.22. The monoisotopic (exact) mass is 228 g/mol. The molecule has 6 nitrogen and oxygen atoms in total. The molecule has 1 aromatic rings. The molecule has 0 aliphatic carbocycles. The minimum atomic E-state index is -0.946. The molecule has 0 radical (unpaired) electrons. The number of aromatic nitrogens is 1. The summed E-state index contributed by atoms with van der Waals surface area (Å²) in [5.74, 6) is -1.05. The van der Waals surface area contributed by atoms with E-state index in [0.29, 0.717) is 10.6 Å². The van der Waals surface area contributed by atoms with Gasteiger partial charge in [-0.05, 0) is 13.0 Å². The lowest BCUT2D eigenvalue weighted by atomic mass is 10.3. The van der Waals surface area contributed by atoms with E-state index in [0.717, 1.165) is 18.0 Å². The molecule has 1 rings (SSSR count). The van der Waals surface area contributed by atoms with Crippen LogP contribution in [0.3, 0.4) is 0 Å². The Morgan fingerprint density at radius 1 is 1.73 bits per heavy atom. The normalized spacial score (nSPS) is 9.93. The van der Waals surface area contributed by atoms with Gasteiger partial charge in [-0.15, -0.1) is 0 Å². The van der Waals surface area contributed by atoms with Crippen molar-refractivity contribution >= 4 is 23.4 Å². The first-order valence-corrected chi connectivity index (χ1v) is 4.95. The fraction of sp³-hybridized carbons (Fsp3) is 0.250. The van der Waals surface area contributed by atoms with Crippen molar-refractivity contribution in [3.05, 3.63) is 27.9 Å². The minimum absolute atomic E-state index is 0.0605. The van der Waals surface area contributed by atoms with E-state index in [1.807, 2.05) is 0 Å². The van der Waals surface area contributed by atoms with Crippen molar-refractivity contribution in [1.82, 2.24) is 4.98 Å². The first-order valence-electron chi connectivity index (χ1n) is 3.96. The zero-order valence-corrected chi connectivity index (χ0v) is 8.65. The van der Waals surface area contributed by atoms with Crippen molar-refractivity contribution in [2.45, 2.75) is 11.9 Å². The van der Waals surface area contributed by atoms with Gasteiger partial charge in [0, 0.05) is 5.56 Å². The van der Waals surface area contributed by atoms with E-state index < -0.39 is 10.9 Å². The van der Waals surface area contributed by atoms with Crippen LogP contribution in [0.15, 0.2) is 17.3 Å². The second-order valence-corrected chi connectivity index (χ2v) is 3.74. The molecule has 0 fully saturated rings. The summed E-state index contributed by atoms with van der Waals surface area (Å²) in [6.07, 6.45) is 1.14. The van der Waals surface area contributed by atoms with E-state index >= 15 is 0 Å². The number of aliphatic carboxylic acids is 1. The molecule has 80 valence electrons. The molecule has 0 aliphatic rings. The number of rotatable bonds is 4. The maximum Gasteiger partial charge on any atom is 0.313 e. The van der Waals surface area contributed by atoms with E-state index in [-0.39, 0.29) is 11.4 Å². The van der Waals surface area contributed by atoms with Crippen molar-refractivity contribution in [2.24, 2.45) is 0 Å². The molecule has 1 heterocycles. The predicted octanol–water partition coefficient (Wildman–Crippen LogP) is 1.47.